The van der Waals surface area contributed by atoms with Gasteiger partial charge in [0.05, 0.1) is 11.4 Å². The van der Waals surface area contributed by atoms with Gasteiger partial charge in [-0.15, -0.1) is 0 Å². The Morgan fingerprint density at radius 3 is 2.30 bits per heavy atom. The molecule has 2 heteroatoms. The highest BCUT2D eigenvalue weighted by molar-refractivity contribution is 6.13. The van der Waals surface area contributed by atoms with E-state index in [0.717, 1.165) is 38.5 Å². The van der Waals surface area contributed by atoms with Crippen molar-refractivity contribution >= 4 is 44.2 Å². The van der Waals surface area contributed by atoms with Gasteiger partial charge in [0.15, 0.2) is 0 Å². The summed E-state index contributed by atoms with van der Waals surface area (Å²) in [5.41, 5.74) is 14.2. The number of hydrogen-bond acceptors (Lipinski definition) is 2. The molecule has 9 rings (SSSR count). The van der Waals surface area contributed by atoms with Crippen LogP contribution >= 0.6 is 0 Å². The number of fused-ring (bicyclic) bond motifs is 6. The fraction of sp³-hybridized carbons (Fsp3) is 0.164. The van der Waals surface area contributed by atoms with E-state index in [1.165, 1.54) is 83.6 Å². The van der Waals surface area contributed by atoms with Crippen molar-refractivity contribution in [2.24, 2.45) is 5.92 Å². The van der Waals surface area contributed by atoms with Crippen molar-refractivity contribution in [2.45, 2.75) is 52.4 Å². The molecule has 0 saturated carbocycles. The second kappa shape index (κ2) is 16.4. The molecule has 0 aliphatic heterocycles. The van der Waals surface area contributed by atoms with Crippen molar-refractivity contribution < 1.29 is 0 Å². The minimum absolute atomic E-state index is 0.385. The van der Waals surface area contributed by atoms with Gasteiger partial charge in [-0.1, -0.05) is 159 Å². The summed E-state index contributed by atoms with van der Waals surface area (Å²) < 4.78 is 0. The Kier molecular flexibility index (Phi) is 10.4. The average molecular weight is 739 g/mol. The lowest BCUT2D eigenvalue weighted by Crippen LogP contribution is -2.26. The van der Waals surface area contributed by atoms with Crippen LogP contribution in [0, 0.1) is 5.92 Å². The Morgan fingerprint density at radius 2 is 1.51 bits per heavy atom. The molecule has 0 bridgehead atoms. The van der Waals surface area contributed by atoms with Crippen LogP contribution in [0.25, 0.3) is 32.8 Å². The minimum Gasteiger partial charge on any atom is -0.314 e. The minimum atomic E-state index is 0.385. The number of hydrogen-bond donors (Lipinski definition) is 0. The molecule has 0 aromatic heterocycles. The van der Waals surface area contributed by atoms with E-state index in [4.69, 9.17) is 0 Å². The van der Waals surface area contributed by atoms with Crippen LogP contribution in [-0.4, -0.2) is 0 Å². The highest BCUT2D eigenvalue weighted by Gasteiger charge is 2.29. The fourth-order valence-electron chi connectivity index (χ4n) is 8.86. The normalized spacial score (nSPS) is 18.1. The summed E-state index contributed by atoms with van der Waals surface area (Å²) in [4.78, 5) is 4.96. The first-order valence-electron chi connectivity index (χ1n) is 20.7. The highest BCUT2D eigenvalue weighted by atomic mass is 15.2. The lowest BCUT2D eigenvalue weighted by molar-refractivity contribution is 0.828. The van der Waals surface area contributed by atoms with Gasteiger partial charge < -0.3 is 9.80 Å². The van der Waals surface area contributed by atoms with Crippen molar-refractivity contribution in [2.75, 3.05) is 9.80 Å². The van der Waals surface area contributed by atoms with Gasteiger partial charge in [-0.3, -0.25) is 0 Å². The van der Waals surface area contributed by atoms with Crippen molar-refractivity contribution in [3.8, 4) is 0 Å². The Balaban J connectivity index is 1.02. The van der Waals surface area contributed by atoms with Gasteiger partial charge in [0.1, 0.15) is 0 Å². The first-order valence-corrected chi connectivity index (χ1v) is 20.7. The van der Waals surface area contributed by atoms with E-state index in [1.54, 1.807) is 0 Å². The average Bonchev–Trinajstić information content (AvgIpc) is 3.28. The Morgan fingerprint density at radius 1 is 0.737 bits per heavy atom. The lowest BCUT2D eigenvalue weighted by atomic mass is 9.78. The molecule has 5 aromatic carbocycles. The van der Waals surface area contributed by atoms with Crippen LogP contribution in [0.3, 0.4) is 0 Å². The van der Waals surface area contributed by atoms with Crippen LogP contribution in [0.4, 0.5) is 11.4 Å². The molecule has 1 unspecified atom stereocenters. The molecule has 5 aromatic rings. The summed E-state index contributed by atoms with van der Waals surface area (Å²) in [5, 5.41) is 5.11. The molecule has 280 valence electrons. The zero-order valence-electron chi connectivity index (χ0n) is 33.1. The zero-order chi connectivity index (χ0) is 38.6. The second-order valence-corrected chi connectivity index (χ2v) is 15.4. The number of anilines is 2. The second-order valence-electron chi connectivity index (χ2n) is 15.4. The molecule has 2 nitrogen and oxygen atoms in total. The van der Waals surface area contributed by atoms with Crippen LogP contribution in [0.15, 0.2) is 216 Å². The third-order valence-corrected chi connectivity index (χ3v) is 11.8. The molecule has 0 spiro atoms. The van der Waals surface area contributed by atoms with E-state index in [1.807, 2.05) is 0 Å². The molecular formula is C55H50N2. The first-order chi connectivity index (χ1) is 28.2. The predicted molar refractivity (Wildman–Crippen MR) is 246 cm³/mol. The summed E-state index contributed by atoms with van der Waals surface area (Å²) in [7, 11) is 0. The number of allylic oxidation sites excluding steroid dienone is 18. The van der Waals surface area contributed by atoms with E-state index < -0.39 is 0 Å². The maximum absolute atomic E-state index is 2.51. The van der Waals surface area contributed by atoms with Crippen LogP contribution in [0.5, 0.6) is 0 Å². The molecule has 0 heterocycles. The summed E-state index contributed by atoms with van der Waals surface area (Å²) in [6.07, 6.45) is 36.3. The van der Waals surface area contributed by atoms with Crippen LogP contribution in [0.1, 0.15) is 63.5 Å². The molecule has 1 atom stereocenters. The van der Waals surface area contributed by atoms with Crippen molar-refractivity contribution in [3.63, 3.8) is 0 Å². The quantitative estimate of drug-likeness (QED) is 0.104. The molecule has 57 heavy (non-hydrogen) atoms. The van der Waals surface area contributed by atoms with Crippen molar-refractivity contribution in [1.82, 2.24) is 0 Å². The van der Waals surface area contributed by atoms with Crippen LogP contribution < -0.4 is 9.80 Å². The SMILES string of the molecule is CCC(/C=C/C1=CC=C(N(C2=CC3CC=CC=C3c3ccccc32)c2ccccc2)CC1)=C\C=C(/C)N(C1=CCCC=C1)c1cc2ccccc2c2ccccc12. The molecule has 4 aliphatic rings. The zero-order valence-corrected chi connectivity index (χ0v) is 33.1. The van der Waals surface area contributed by atoms with Gasteiger partial charge in [-0.2, -0.15) is 0 Å². The van der Waals surface area contributed by atoms with Crippen molar-refractivity contribution in [3.05, 3.63) is 228 Å². The van der Waals surface area contributed by atoms with E-state index in [2.05, 4.69) is 212 Å². The Hall–Kier alpha value is -6.38. The summed E-state index contributed by atoms with van der Waals surface area (Å²) in [5.74, 6) is 0.385. The molecule has 0 saturated heterocycles. The molecular weight excluding hydrogens is 689 g/mol. The maximum atomic E-state index is 2.51. The molecule has 0 N–H and O–H groups in total. The largest absolute Gasteiger partial charge is 0.314 e. The van der Waals surface area contributed by atoms with Crippen LogP contribution in [0.2, 0.25) is 0 Å². The maximum Gasteiger partial charge on any atom is 0.0542 e. The predicted octanol–water partition coefficient (Wildman–Crippen LogP) is 15.0. The molecule has 0 fully saturated rings. The smallest absolute Gasteiger partial charge is 0.0542 e. The van der Waals surface area contributed by atoms with Gasteiger partial charge in [0, 0.05) is 39.6 Å². The van der Waals surface area contributed by atoms with Gasteiger partial charge in [-0.05, 0) is 120 Å². The fourth-order valence-corrected chi connectivity index (χ4v) is 8.86. The van der Waals surface area contributed by atoms with Gasteiger partial charge in [0.2, 0.25) is 0 Å². The molecule has 0 radical (unpaired) electrons. The number of benzene rings is 5. The third kappa shape index (κ3) is 7.36. The lowest BCUT2D eigenvalue weighted by Gasteiger charge is -2.37. The highest BCUT2D eigenvalue weighted by Crippen LogP contribution is 2.45. The molecule has 0 amide bonds. The van der Waals surface area contributed by atoms with Gasteiger partial charge >= 0.3 is 0 Å². The summed E-state index contributed by atoms with van der Waals surface area (Å²) in [6.45, 7) is 4.50. The summed E-state index contributed by atoms with van der Waals surface area (Å²) >= 11 is 0. The topological polar surface area (TPSA) is 6.48 Å². The van der Waals surface area contributed by atoms with E-state index in [9.17, 15) is 0 Å². The number of para-hydroxylation sites is 1. The van der Waals surface area contributed by atoms with Gasteiger partial charge in [0.25, 0.3) is 0 Å². The Bertz CT molecular complexity index is 2650. The molecule has 4 aliphatic carbocycles. The van der Waals surface area contributed by atoms with E-state index in [0.29, 0.717) is 5.92 Å². The monoisotopic (exact) mass is 738 g/mol. The van der Waals surface area contributed by atoms with E-state index in [-0.39, 0.29) is 0 Å². The number of nitrogens with zero attached hydrogens (tertiary/aromatic N) is 2. The number of rotatable bonds is 10. The summed E-state index contributed by atoms with van der Waals surface area (Å²) in [6, 6.07) is 39.8. The standard InChI is InChI=1S/C55H50N2/c1-3-41(31-30-40(2)56(45-20-6-4-7-21-45)54-38-43-18-10-12-24-48(43)50-26-14-16-28-52(50)54)32-33-42-34-36-47(37-35-42)57(46-22-8-5-9-23-46)55-39-44-19-11-13-25-49(44)51-27-15-17-29-53(51)55/h5-6,8-18,20-34,36,38-39,44H,3-4,7,19,35,37H2,1-2H3/b33-32+,40-30+,41-31+. The van der Waals surface area contributed by atoms with E-state index >= 15 is 0 Å². The first kappa shape index (κ1) is 36.3. The third-order valence-electron chi connectivity index (χ3n) is 11.8. The Labute approximate surface area is 338 Å². The van der Waals surface area contributed by atoms with Crippen LogP contribution in [-0.2, 0) is 0 Å². The van der Waals surface area contributed by atoms with Gasteiger partial charge in [-0.25, -0.2) is 0 Å². The van der Waals surface area contributed by atoms with Crippen molar-refractivity contribution in [1.29, 1.82) is 0 Å².